The van der Waals surface area contributed by atoms with Crippen molar-refractivity contribution in [2.75, 3.05) is 26.8 Å². The first-order chi connectivity index (χ1) is 6.83. The third kappa shape index (κ3) is 4.30. The van der Waals surface area contributed by atoms with Crippen LogP contribution >= 0.6 is 0 Å². The Hall–Kier alpha value is -1.00. The number of methoxy groups -OCH3 is 1. The van der Waals surface area contributed by atoms with E-state index in [2.05, 4.69) is 10.3 Å². The fourth-order valence-corrected chi connectivity index (χ4v) is 1.12. The van der Waals surface area contributed by atoms with Crippen molar-refractivity contribution in [3.05, 3.63) is 29.8 Å². The third-order valence-corrected chi connectivity index (χ3v) is 1.83. The lowest BCUT2D eigenvalue weighted by Gasteiger charge is -2.03. The number of nitrogens with zero attached hydrogens (tertiary/aromatic N) is 1. The van der Waals surface area contributed by atoms with Crippen molar-refractivity contribution in [1.29, 1.82) is 0 Å². The van der Waals surface area contributed by atoms with Crippen LogP contribution in [0, 0.1) is 5.82 Å². The van der Waals surface area contributed by atoms with Crippen LogP contribution in [-0.2, 0) is 11.2 Å². The summed E-state index contributed by atoms with van der Waals surface area (Å²) in [5, 5.41) is 3.18. The van der Waals surface area contributed by atoms with Gasteiger partial charge in [0, 0.05) is 19.9 Å². The van der Waals surface area contributed by atoms with E-state index in [1.807, 2.05) is 0 Å². The summed E-state index contributed by atoms with van der Waals surface area (Å²) in [6, 6.07) is 1.50. The molecular weight excluding hydrogens is 183 g/mol. The monoisotopic (exact) mass is 198 g/mol. The zero-order valence-electron chi connectivity index (χ0n) is 8.29. The van der Waals surface area contributed by atoms with Crippen LogP contribution in [0.5, 0.6) is 0 Å². The predicted molar refractivity (Wildman–Crippen MR) is 52.6 cm³/mol. The second-order valence-electron chi connectivity index (χ2n) is 3.00. The van der Waals surface area contributed by atoms with Crippen LogP contribution in [-0.4, -0.2) is 31.8 Å². The Morgan fingerprint density at radius 1 is 1.43 bits per heavy atom. The molecule has 4 heteroatoms. The van der Waals surface area contributed by atoms with E-state index in [9.17, 15) is 4.39 Å². The number of halogens is 1. The van der Waals surface area contributed by atoms with E-state index >= 15 is 0 Å². The van der Waals surface area contributed by atoms with E-state index in [0.717, 1.165) is 25.1 Å². The number of ether oxygens (including phenoxy) is 1. The molecule has 0 bridgehead atoms. The standard InChI is InChI=1S/C10H15FN2O/c1-14-5-4-12-3-2-9-6-10(11)8-13-7-9/h6-8,12H,2-5H2,1H3. The summed E-state index contributed by atoms with van der Waals surface area (Å²) in [4.78, 5) is 3.77. The molecule has 0 fully saturated rings. The lowest BCUT2D eigenvalue weighted by Crippen LogP contribution is -2.21. The van der Waals surface area contributed by atoms with Crippen molar-refractivity contribution in [2.45, 2.75) is 6.42 Å². The van der Waals surface area contributed by atoms with Gasteiger partial charge in [-0.3, -0.25) is 4.98 Å². The van der Waals surface area contributed by atoms with Crippen LogP contribution in [0.4, 0.5) is 4.39 Å². The fourth-order valence-electron chi connectivity index (χ4n) is 1.12. The largest absolute Gasteiger partial charge is 0.383 e. The first-order valence-electron chi connectivity index (χ1n) is 4.62. The van der Waals surface area contributed by atoms with E-state index in [1.54, 1.807) is 13.3 Å². The number of pyridine rings is 1. The average Bonchev–Trinajstić information content (AvgIpc) is 2.18. The molecule has 0 aromatic carbocycles. The maximum atomic E-state index is 12.7. The number of hydrogen-bond acceptors (Lipinski definition) is 3. The Morgan fingerprint density at radius 3 is 3.00 bits per heavy atom. The fraction of sp³-hybridized carbons (Fsp3) is 0.500. The van der Waals surface area contributed by atoms with Crippen molar-refractivity contribution >= 4 is 0 Å². The highest BCUT2D eigenvalue weighted by atomic mass is 19.1. The molecule has 1 rings (SSSR count). The van der Waals surface area contributed by atoms with E-state index in [-0.39, 0.29) is 5.82 Å². The molecule has 0 aliphatic carbocycles. The van der Waals surface area contributed by atoms with Crippen LogP contribution in [0.15, 0.2) is 18.5 Å². The molecule has 14 heavy (non-hydrogen) atoms. The van der Waals surface area contributed by atoms with Gasteiger partial charge in [-0.2, -0.15) is 0 Å². The highest BCUT2D eigenvalue weighted by molar-refractivity contribution is 5.10. The molecule has 78 valence electrons. The molecule has 1 aromatic rings. The van der Waals surface area contributed by atoms with Gasteiger partial charge in [-0.25, -0.2) is 4.39 Å². The lowest BCUT2D eigenvalue weighted by atomic mass is 10.2. The number of rotatable bonds is 6. The summed E-state index contributed by atoms with van der Waals surface area (Å²) in [5.41, 5.74) is 0.912. The van der Waals surface area contributed by atoms with Gasteiger partial charge in [0.25, 0.3) is 0 Å². The minimum atomic E-state index is -0.278. The van der Waals surface area contributed by atoms with Gasteiger partial charge >= 0.3 is 0 Å². The topological polar surface area (TPSA) is 34.1 Å². The van der Waals surface area contributed by atoms with Gasteiger partial charge in [0.2, 0.25) is 0 Å². The van der Waals surface area contributed by atoms with Crippen LogP contribution < -0.4 is 5.32 Å². The van der Waals surface area contributed by atoms with Crippen LogP contribution in [0.1, 0.15) is 5.56 Å². The molecular formula is C10H15FN2O. The molecule has 0 saturated heterocycles. The first kappa shape index (κ1) is 11.1. The summed E-state index contributed by atoms with van der Waals surface area (Å²) in [6.07, 6.45) is 3.68. The van der Waals surface area contributed by atoms with E-state index < -0.39 is 0 Å². The second kappa shape index (κ2) is 6.45. The molecule has 0 radical (unpaired) electrons. The van der Waals surface area contributed by atoms with Gasteiger partial charge in [0.05, 0.1) is 12.8 Å². The molecule has 1 heterocycles. The SMILES string of the molecule is COCCNCCc1cncc(F)c1. The van der Waals surface area contributed by atoms with Crippen molar-refractivity contribution < 1.29 is 9.13 Å². The first-order valence-corrected chi connectivity index (χ1v) is 4.62. The maximum Gasteiger partial charge on any atom is 0.141 e. The molecule has 0 spiro atoms. The lowest BCUT2D eigenvalue weighted by molar-refractivity contribution is 0.199. The summed E-state index contributed by atoms with van der Waals surface area (Å²) in [6.45, 7) is 2.33. The Morgan fingerprint density at radius 2 is 2.29 bits per heavy atom. The predicted octanol–water partition coefficient (Wildman–Crippen LogP) is 0.999. The molecule has 0 aliphatic rings. The van der Waals surface area contributed by atoms with Crippen LogP contribution in [0.2, 0.25) is 0 Å². The normalized spacial score (nSPS) is 10.4. The molecule has 0 unspecified atom stereocenters. The van der Waals surface area contributed by atoms with E-state index in [1.165, 1.54) is 12.3 Å². The quantitative estimate of drug-likeness (QED) is 0.692. The van der Waals surface area contributed by atoms with Crippen molar-refractivity contribution in [3.63, 3.8) is 0 Å². The zero-order valence-corrected chi connectivity index (χ0v) is 8.29. The summed E-state index contributed by atoms with van der Waals surface area (Å²) >= 11 is 0. The second-order valence-corrected chi connectivity index (χ2v) is 3.00. The zero-order chi connectivity index (χ0) is 10.2. The molecule has 0 amide bonds. The Kier molecular flexibility index (Phi) is 5.11. The summed E-state index contributed by atoms with van der Waals surface area (Å²) < 4.78 is 17.6. The number of hydrogen-bond donors (Lipinski definition) is 1. The number of aromatic nitrogens is 1. The molecule has 0 aliphatic heterocycles. The van der Waals surface area contributed by atoms with E-state index in [4.69, 9.17) is 4.74 Å². The molecule has 0 saturated carbocycles. The number of nitrogens with one attached hydrogen (secondary N) is 1. The van der Waals surface area contributed by atoms with Crippen LogP contribution in [0.3, 0.4) is 0 Å². The molecule has 1 N–H and O–H groups in total. The third-order valence-electron chi connectivity index (χ3n) is 1.83. The van der Waals surface area contributed by atoms with Crippen molar-refractivity contribution in [3.8, 4) is 0 Å². The molecule has 3 nitrogen and oxygen atoms in total. The molecule has 0 atom stereocenters. The van der Waals surface area contributed by atoms with Gasteiger partial charge in [0.15, 0.2) is 0 Å². The Labute approximate surface area is 83.3 Å². The Balaban J connectivity index is 2.18. The summed E-state index contributed by atoms with van der Waals surface area (Å²) in [5.74, 6) is -0.278. The van der Waals surface area contributed by atoms with Gasteiger partial charge in [-0.1, -0.05) is 0 Å². The van der Waals surface area contributed by atoms with Gasteiger partial charge in [0.1, 0.15) is 5.82 Å². The van der Waals surface area contributed by atoms with Crippen molar-refractivity contribution in [2.24, 2.45) is 0 Å². The minimum absolute atomic E-state index is 0.278. The maximum absolute atomic E-state index is 12.7. The van der Waals surface area contributed by atoms with Gasteiger partial charge < -0.3 is 10.1 Å². The average molecular weight is 198 g/mol. The van der Waals surface area contributed by atoms with Crippen molar-refractivity contribution in [1.82, 2.24) is 10.3 Å². The smallest absolute Gasteiger partial charge is 0.141 e. The summed E-state index contributed by atoms with van der Waals surface area (Å²) in [7, 11) is 1.66. The molecule has 1 aromatic heterocycles. The van der Waals surface area contributed by atoms with E-state index in [0.29, 0.717) is 6.61 Å². The highest BCUT2D eigenvalue weighted by Crippen LogP contribution is 2.00. The van der Waals surface area contributed by atoms with Gasteiger partial charge in [-0.15, -0.1) is 0 Å². The van der Waals surface area contributed by atoms with Crippen LogP contribution in [0.25, 0.3) is 0 Å². The minimum Gasteiger partial charge on any atom is -0.383 e. The van der Waals surface area contributed by atoms with Gasteiger partial charge in [-0.05, 0) is 24.6 Å². The Bertz CT molecular complexity index is 268. The highest BCUT2D eigenvalue weighted by Gasteiger charge is 1.95.